The molecule has 0 heterocycles. The Kier molecular flexibility index (Phi) is 4.59. The van der Waals surface area contributed by atoms with Gasteiger partial charge < -0.3 is 10.1 Å². The minimum Gasteiger partial charge on any atom is -0.497 e. The molecule has 0 amide bonds. The summed E-state index contributed by atoms with van der Waals surface area (Å²) in [5.74, 6) is 0.290. The summed E-state index contributed by atoms with van der Waals surface area (Å²) in [4.78, 5) is 0. The van der Waals surface area contributed by atoms with Crippen LogP contribution in [0.3, 0.4) is 0 Å². The minimum absolute atomic E-state index is 0.177. The van der Waals surface area contributed by atoms with Crippen molar-refractivity contribution in [2.75, 3.05) is 12.4 Å². The van der Waals surface area contributed by atoms with E-state index >= 15 is 0 Å². The zero-order valence-electron chi connectivity index (χ0n) is 10.8. The number of benzene rings is 2. The van der Waals surface area contributed by atoms with Crippen LogP contribution >= 0.6 is 15.9 Å². The number of hydrogen-bond acceptors (Lipinski definition) is 3. The summed E-state index contributed by atoms with van der Waals surface area (Å²) in [6.45, 7) is 0.465. The van der Waals surface area contributed by atoms with Crippen LogP contribution < -0.4 is 10.1 Å². The van der Waals surface area contributed by atoms with E-state index in [9.17, 15) is 4.39 Å². The van der Waals surface area contributed by atoms with E-state index in [0.29, 0.717) is 12.2 Å². The van der Waals surface area contributed by atoms with E-state index < -0.39 is 5.82 Å². The summed E-state index contributed by atoms with van der Waals surface area (Å²) in [6, 6.07) is 12.6. The van der Waals surface area contributed by atoms with Crippen molar-refractivity contribution in [3.05, 3.63) is 57.8 Å². The van der Waals surface area contributed by atoms with Crippen molar-refractivity contribution in [3.63, 3.8) is 0 Å². The number of nitrogens with zero attached hydrogens (tertiary/aromatic N) is 1. The molecule has 0 aliphatic heterocycles. The molecule has 1 N–H and O–H groups in total. The average Bonchev–Trinajstić information content (AvgIpc) is 2.49. The number of methoxy groups -OCH3 is 1. The van der Waals surface area contributed by atoms with Crippen LogP contribution in [0, 0.1) is 17.1 Å². The number of hydrogen-bond donors (Lipinski definition) is 1. The number of ether oxygens (including phenoxy) is 1. The van der Waals surface area contributed by atoms with Gasteiger partial charge in [-0.3, -0.25) is 0 Å². The van der Waals surface area contributed by atoms with E-state index in [0.717, 1.165) is 11.3 Å². The summed E-state index contributed by atoms with van der Waals surface area (Å²) in [6.07, 6.45) is 0. The molecular formula is C15H12BrFN2O. The summed E-state index contributed by atoms with van der Waals surface area (Å²) >= 11 is 3.08. The molecule has 0 radical (unpaired) electrons. The lowest BCUT2D eigenvalue weighted by Gasteiger charge is -2.10. The summed E-state index contributed by atoms with van der Waals surface area (Å²) in [7, 11) is 1.60. The Hall–Kier alpha value is -2.06. The SMILES string of the molecule is COc1cccc(CNc2ccc(C#N)c(Br)c2F)c1. The molecule has 0 aliphatic rings. The standard InChI is InChI=1S/C15H12BrFN2O/c1-20-12-4-2-3-10(7-12)9-19-13-6-5-11(8-18)14(16)15(13)17/h2-7,19H,9H2,1H3. The van der Waals surface area contributed by atoms with E-state index in [2.05, 4.69) is 21.2 Å². The van der Waals surface area contributed by atoms with Crippen LogP contribution in [0.25, 0.3) is 0 Å². The van der Waals surface area contributed by atoms with Gasteiger partial charge in [-0.25, -0.2) is 4.39 Å². The highest BCUT2D eigenvalue weighted by atomic mass is 79.9. The zero-order valence-corrected chi connectivity index (χ0v) is 12.4. The molecule has 0 spiro atoms. The molecule has 3 nitrogen and oxygen atoms in total. The Balaban J connectivity index is 2.15. The lowest BCUT2D eigenvalue weighted by Crippen LogP contribution is -2.02. The lowest BCUT2D eigenvalue weighted by molar-refractivity contribution is 0.414. The second-order valence-electron chi connectivity index (χ2n) is 4.11. The Morgan fingerprint density at radius 3 is 2.85 bits per heavy atom. The molecule has 0 saturated heterocycles. The second-order valence-corrected chi connectivity index (χ2v) is 4.90. The largest absolute Gasteiger partial charge is 0.497 e. The highest BCUT2D eigenvalue weighted by Crippen LogP contribution is 2.27. The molecule has 5 heteroatoms. The zero-order chi connectivity index (χ0) is 14.5. The van der Waals surface area contributed by atoms with Crippen LogP contribution in [0.5, 0.6) is 5.75 Å². The minimum atomic E-state index is -0.466. The fourth-order valence-corrected chi connectivity index (χ4v) is 2.19. The van der Waals surface area contributed by atoms with Crippen molar-refractivity contribution in [2.45, 2.75) is 6.54 Å². The van der Waals surface area contributed by atoms with E-state index in [1.807, 2.05) is 30.3 Å². The van der Waals surface area contributed by atoms with Crippen molar-refractivity contribution in [2.24, 2.45) is 0 Å². The van der Waals surface area contributed by atoms with Gasteiger partial charge in [-0.1, -0.05) is 12.1 Å². The van der Waals surface area contributed by atoms with Crippen LogP contribution in [0.4, 0.5) is 10.1 Å². The van der Waals surface area contributed by atoms with Crippen LogP contribution in [-0.2, 0) is 6.54 Å². The number of rotatable bonds is 4. The Labute approximate surface area is 125 Å². The molecule has 0 bridgehead atoms. The fraction of sp³-hybridized carbons (Fsp3) is 0.133. The normalized spacial score (nSPS) is 9.90. The maximum Gasteiger partial charge on any atom is 0.161 e. The number of anilines is 1. The van der Waals surface area contributed by atoms with Gasteiger partial charge in [0.1, 0.15) is 11.8 Å². The summed E-state index contributed by atoms with van der Waals surface area (Å²) in [5, 5.41) is 11.8. The molecule has 20 heavy (non-hydrogen) atoms. The molecule has 0 aliphatic carbocycles. The summed E-state index contributed by atoms with van der Waals surface area (Å²) in [5.41, 5.74) is 1.59. The molecule has 2 rings (SSSR count). The van der Waals surface area contributed by atoms with Crippen molar-refractivity contribution in [1.29, 1.82) is 5.26 Å². The molecule has 0 unspecified atom stereocenters. The number of nitrogens with one attached hydrogen (secondary N) is 1. The number of halogens is 2. The quantitative estimate of drug-likeness (QED) is 0.916. The Morgan fingerprint density at radius 2 is 2.15 bits per heavy atom. The first kappa shape index (κ1) is 14.4. The smallest absolute Gasteiger partial charge is 0.161 e. The van der Waals surface area contributed by atoms with Crippen molar-refractivity contribution in [1.82, 2.24) is 0 Å². The van der Waals surface area contributed by atoms with Gasteiger partial charge in [-0.05, 0) is 45.8 Å². The number of nitriles is 1. The molecule has 0 fully saturated rings. The fourth-order valence-electron chi connectivity index (χ4n) is 1.75. The lowest BCUT2D eigenvalue weighted by atomic mass is 10.2. The highest BCUT2D eigenvalue weighted by Gasteiger charge is 2.10. The third-order valence-electron chi connectivity index (χ3n) is 2.82. The maximum absolute atomic E-state index is 14.0. The average molecular weight is 335 g/mol. The molecular weight excluding hydrogens is 323 g/mol. The third kappa shape index (κ3) is 3.09. The van der Waals surface area contributed by atoms with Gasteiger partial charge in [0.15, 0.2) is 5.82 Å². The Bertz CT molecular complexity index is 667. The first-order valence-electron chi connectivity index (χ1n) is 5.90. The Morgan fingerprint density at radius 1 is 1.35 bits per heavy atom. The van der Waals surface area contributed by atoms with Gasteiger partial charge >= 0.3 is 0 Å². The van der Waals surface area contributed by atoms with Crippen molar-refractivity contribution >= 4 is 21.6 Å². The topological polar surface area (TPSA) is 45.0 Å². The van der Waals surface area contributed by atoms with Gasteiger partial charge in [-0.15, -0.1) is 0 Å². The van der Waals surface area contributed by atoms with Crippen LogP contribution in [0.15, 0.2) is 40.9 Å². The monoisotopic (exact) mass is 334 g/mol. The maximum atomic E-state index is 14.0. The molecule has 102 valence electrons. The van der Waals surface area contributed by atoms with Crippen LogP contribution in [0.2, 0.25) is 0 Å². The van der Waals surface area contributed by atoms with Crippen LogP contribution in [0.1, 0.15) is 11.1 Å². The van der Waals surface area contributed by atoms with Gasteiger partial charge in [0.05, 0.1) is 22.8 Å². The molecule has 0 aromatic heterocycles. The van der Waals surface area contributed by atoms with Crippen molar-refractivity contribution < 1.29 is 9.13 Å². The first-order chi connectivity index (χ1) is 9.65. The molecule has 0 atom stereocenters. The molecule has 2 aromatic rings. The highest BCUT2D eigenvalue weighted by molar-refractivity contribution is 9.10. The van der Waals surface area contributed by atoms with Gasteiger partial charge in [0, 0.05) is 6.54 Å². The van der Waals surface area contributed by atoms with Gasteiger partial charge in [0.25, 0.3) is 0 Å². The third-order valence-corrected chi connectivity index (χ3v) is 3.60. The predicted octanol–water partition coefficient (Wildman–Crippen LogP) is 4.08. The summed E-state index contributed by atoms with van der Waals surface area (Å²) < 4.78 is 19.3. The van der Waals surface area contributed by atoms with E-state index in [4.69, 9.17) is 10.00 Å². The molecule has 2 aromatic carbocycles. The van der Waals surface area contributed by atoms with E-state index in [-0.39, 0.29) is 10.0 Å². The second kappa shape index (κ2) is 6.40. The van der Waals surface area contributed by atoms with Crippen molar-refractivity contribution in [3.8, 4) is 11.8 Å². The van der Waals surface area contributed by atoms with Gasteiger partial charge in [0.2, 0.25) is 0 Å². The van der Waals surface area contributed by atoms with Gasteiger partial charge in [-0.2, -0.15) is 5.26 Å². The van der Waals surface area contributed by atoms with E-state index in [1.54, 1.807) is 19.2 Å². The first-order valence-corrected chi connectivity index (χ1v) is 6.70. The van der Waals surface area contributed by atoms with Crippen LogP contribution in [-0.4, -0.2) is 7.11 Å². The van der Waals surface area contributed by atoms with E-state index in [1.165, 1.54) is 0 Å². The molecule has 0 saturated carbocycles. The predicted molar refractivity (Wildman–Crippen MR) is 79.1 cm³/mol.